The molecule has 0 spiro atoms. The molecule has 0 heterocycles. The van der Waals surface area contributed by atoms with Gasteiger partial charge in [-0.2, -0.15) is 0 Å². The van der Waals surface area contributed by atoms with E-state index in [9.17, 15) is 14.4 Å². The Morgan fingerprint density at radius 1 is 1.29 bits per heavy atom. The summed E-state index contributed by atoms with van der Waals surface area (Å²) in [6, 6.07) is 6.47. The lowest BCUT2D eigenvalue weighted by atomic mass is 10.1. The van der Waals surface area contributed by atoms with E-state index in [1.54, 1.807) is 24.3 Å². The van der Waals surface area contributed by atoms with Crippen molar-refractivity contribution < 1.29 is 24.2 Å². The van der Waals surface area contributed by atoms with Gasteiger partial charge in [0.05, 0.1) is 7.11 Å². The van der Waals surface area contributed by atoms with Crippen molar-refractivity contribution in [3.05, 3.63) is 29.8 Å². The van der Waals surface area contributed by atoms with Crippen LogP contribution in [0.4, 0.5) is 10.5 Å². The third-order valence-electron chi connectivity index (χ3n) is 2.81. The molecule has 0 fully saturated rings. The number of aryl methyl sites for hydroxylation is 1. The summed E-state index contributed by atoms with van der Waals surface area (Å²) in [5, 5.41) is 11.4. The van der Waals surface area contributed by atoms with Crippen LogP contribution in [0, 0.1) is 0 Å². The van der Waals surface area contributed by atoms with E-state index in [1.807, 2.05) is 0 Å². The number of para-hydroxylation sites is 1. The summed E-state index contributed by atoms with van der Waals surface area (Å²) in [7, 11) is 2.71. The highest BCUT2D eigenvalue weighted by Crippen LogP contribution is 2.17. The number of carboxylic acids is 1. The van der Waals surface area contributed by atoms with Crippen LogP contribution in [-0.4, -0.2) is 48.7 Å². The van der Waals surface area contributed by atoms with Gasteiger partial charge in [-0.15, -0.1) is 0 Å². The molecular weight excluding hydrogens is 276 g/mol. The fourth-order valence-electron chi connectivity index (χ4n) is 1.64. The third-order valence-corrected chi connectivity index (χ3v) is 2.81. The summed E-state index contributed by atoms with van der Waals surface area (Å²) in [6.07, 6.45) is 0.289. The van der Waals surface area contributed by atoms with E-state index in [4.69, 9.17) is 5.11 Å². The Morgan fingerprint density at radius 2 is 1.95 bits per heavy atom. The summed E-state index contributed by atoms with van der Waals surface area (Å²) in [4.78, 5) is 34.9. The van der Waals surface area contributed by atoms with Crippen LogP contribution < -0.4 is 5.32 Å². The second-order valence-corrected chi connectivity index (χ2v) is 4.41. The van der Waals surface area contributed by atoms with Gasteiger partial charge in [0.1, 0.15) is 6.54 Å². The number of carbonyl (C=O) groups is 3. The number of nitrogens with one attached hydrogen (secondary N) is 1. The van der Waals surface area contributed by atoms with Crippen LogP contribution in [0.25, 0.3) is 0 Å². The summed E-state index contributed by atoms with van der Waals surface area (Å²) >= 11 is 0. The number of ether oxygens (including phenoxy) is 1. The molecule has 0 radical (unpaired) electrons. The second-order valence-electron chi connectivity index (χ2n) is 4.41. The molecule has 0 saturated heterocycles. The van der Waals surface area contributed by atoms with Crippen molar-refractivity contribution in [1.82, 2.24) is 4.90 Å². The molecule has 0 bridgehead atoms. The van der Waals surface area contributed by atoms with Crippen molar-refractivity contribution in [3.63, 3.8) is 0 Å². The molecule has 1 aromatic rings. The Morgan fingerprint density at radius 3 is 2.57 bits per heavy atom. The lowest BCUT2D eigenvalue weighted by Gasteiger charge is -2.18. The molecule has 1 rings (SSSR count). The standard InChI is InChI=1S/C14H18N2O5/c1-16(9-13(19)21-2)14(20)15-11-6-4-3-5-10(11)7-8-12(17)18/h3-6H,7-9H2,1-2H3,(H,15,20)(H,17,18). The van der Waals surface area contributed by atoms with Crippen molar-refractivity contribution in [3.8, 4) is 0 Å². The zero-order chi connectivity index (χ0) is 15.8. The number of methoxy groups -OCH3 is 1. The highest BCUT2D eigenvalue weighted by molar-refractivity contribution is 5.92. The average molecular weight is 294 g/mol. The van der Waals surface area contributed by atoms with E-state index in [-0.39, 0.29) is 13.0 Å². The number of aliphatic carboxylic acids is 1. The number of esters is 1. The van der Waals surface area contributed by atoms with Crippen LogP contribution in [0.1, 0.15) is 12.0 Å². The van der Waals surface area contributed by atoms with E-state index >= 15 is 0 Å². The van der Waals surface area contributed by atoms with Crippen LogP contribution in [-0.2, 0) is 20.7 Å². The van der Waals surface area contributed by atoms with Gasteiger partial charge >= 0.3 is 18.0 Å². The molecule has 0 atom stereocenters. The smallest absolute Gasteiger partial charge is 0.325 e. The zero-order valence-electron chi connectivity index (χ0n) is 12.0. The number of nitrogens with zero attached hydrogens (tertiary/aromatic N) is 1. The van der Waals surface area contributed by atoms with Crippen LogP contribution in [0.5, 0.6) is 0 Å². The summed E-state index contributed by atoms with van der Waals surface area (Å²) < 4.78 is 4.48. The molecule has 0 aromatic heterocycles. The lowest BCUT2D eigenvalue weighted by molar-refractivity contribution is -0.141. The first-order chi connectivity index (χ1) is 9.93. The first-order valence-electron chi connectivity index (χ1n) is 6.32. The Bertz CT molecular complexity index is 530. The van der Waals surface area contributed by atoms with Crippen LogP contribution in [0.3, 0.4) is 0 Å². The molecule has 1 aromatic carbocycles. The first kappa shape index (κ1) is 16.5. The number of anilines is 1. The van der Waals surface area contributed by atoms with Gasteiger partial charge in [0, 0.05) is 19.2 Å². The maximum atomic E-state index is 11.9. The Kier molecular flexibility index (Phi) is 6.19. The fraction of sp³-hybridized carbons (Fsp3) is 0.357. The summed E-state index contributed by atoms with van der Waals surface area (Å²) in [5.74, 6) is -1.43. The van der Waals surface area contributed by atoms with Gasteiger partial charge in [0.2, 0.25) is 0 Å². The third kappa shape index (κ3) is 5.52. The van der Waals surface area contributed by atoms with Gasteiger partial charge in [0.25, 0.3) is 0 Å². The van der Waals surface area contributed by atoms with E-state index in [0.29, 0.717) is 12.1 Å². The molecule has 2 amide bonds. The van der Waals surface area contributed by atoms with Gasteiger partial charge in [-0.3, -0.25) is 9.59 Å². The minimum absolute atomic E-state index is 0.0229. The zero-order valence-corrected chi connectivity index (χ0v) is 12.0. The number of urea groups is 1. The number of hydrogen-bond acceptors (Lipinski definition) is 4. The topological polar surface area (TPSA) is 95.9 Å². The maximum Gasteiger partial charge on any atom is 0.325 e. The molecule has 0 aliphatic carbocycles. The van der Waals surface area contributed by atoms with Crippen LogP contribution in [0.15, 0.2) is 24.3 Å². The van der Waals surface area contributed by atoms with Crippen molar-refractivity contribution in [1.29, 1.82) is 0 Å². The van der Waals surface area contributed by atoms with Crippen molar-refractivity contribution in [2.45, 2.75) is 12.8 Å². The summed E-state index contributed by atoms with van der Waals surface area (Å²) in [5.41, 5.74) is 1.25. The molecule has 0 aliphatic rings. The van der Waals surface area contributed by atoms with Crippen LogP contribution in [0.2, 0.25) is 0 Å². The van der Waals surface area contributed by atoms with Gasteiger partial charge in [-0.1, -0.05) is 18.2 Å². The largest absolute Gasteiger partial charge is 0.481 e. The SMILES string of the molecule is COC(=O)CN(C)C(=O)Nc1ccccc1CCC(=O)O. The van der Waals surface area contributed by atoms with Gasteiger partial charge in [-0.05, 0) is 18.1 Å². The van der Waals surface area contributed by atoms with E-state index in [1.165, 1.54) is 19.1 Å². The number of benzene rings is 1. The molecular formula is C14H18N2O5. The first-order valence-corrected chi connectivity index (χ1v) is 6.32. The van der Waals surface area contributed by atoms with E-state index < -0.39 is 18.0 Å². The number of carboxylic acid groups (broad SMARTS) is 1. The molecule has 7 nitrogen and oxygen atoms in total. The number of rotatable bonds is 6. The highest BCUT2D eigenvalue weighted by atomic mass is 16.5. The van der Waals surface area contributed by atoms with E-state index in [2.05, 4.69) is 10.1 Å². The average Bonchev–Trinajstić information content (AvgIpc) is 2.45. The van der Waals surface area contributed by atoms with Crippen LogP contribution >= 0.6 is 0 Å². The minimum Gasteiger partial charge on any atom is -0.481 e. The quantitative estimate of drug-likeness (QED) is 0.772. The highest BCUT2D eigenvalue weighted by Gasteiger charge is 2.14. The molecule has 21 heavy (non-hydrogen) atoms. The molecule has 7 heteroatoms. The lowest BCUT2D eigenvalue weighted by Crippen LogP contribution is -2.36. The summed E-state index contributed by atoms with van der Waals surface area (Å²) in [6.45, 7) is -0.167. The van der Waals surface area contributed by atoms with Gasteiger partial charge in [-0.25, -0.2) is 4.79 Å². The molecule has 114 valence electrons. The molecule has 0 aliphatic heterocycles. The Hall–Kier alpha value is -2.57. The maximum absolute atomic E-state index is 11.9. The Balaban J connectivity index is 2.71. The van der Waals surface area contributed by atoms with E-state index in [0.717, 1.165) is 5.56 Å². The Labute approximate surface area is 122 Å². The normalized spacial score (nSPS) is 9.81. The molecule has 0 saturated carbocycles. The second kappa shape index (κ2) is 7.88. The van der Waals surface area contributed by atoms with Gasteiger partial charge in [0.15, 0.2) is 0 Å². The minimum atomic E-state index is -0.904. The van der Waals surface area contributed by atoms with Crippen molar-refractivity contribution >= 4 is 23.7 Å². The van der Waals surface area contributed by atoms with Crippen molar-refractivity contribution in [2.24, 2.45) is 0 Å². The monoisotopic (exact) mass is 294 g/mol. The number of likely N-dealkylation sites (N-methyl/N-ethyl adjacent to an activating group) is 1. The predicted molar refractivity (Wildman–Crippen MR) is 76.1 cm³/mol. The molecule has 2 N–H and O–H groups in total. The number of hydrogen-bond donors (Lipinski definition) is 2. The fourth-order valence-corrected chi connectivity index (χ4v) is 1.64. The number of carbonyl (C=O) groups excluding carboxylic acids is 2. The van der Waals surface area contributed by atoms with Gasteiger partial charge < -0.3 is 20.1 Å². The van der Waals surface area contributed by atoms with Crippen molar-refractivity contribution in [2.75, 3.05) is 26.0 Å². The number of amides is 2. The molecule has 0 unspecified atom stereocenters. The predicted octanol–water partition coefficient (Wildman–Crippen LogP) is 1.34.